The predicted molar refractivity (Wildman–Crippen MR) is 53.5 cm³/mol. The van der Waals surface area contributed by atoms with Crippen molar-refractivity contribution >= 4 is 5.91 Å². The quantitative estimate of drug-likeness (QED) is 0.618. The van der Waals surface area contributed by atoms with Crippen LogP contribution >= 0.6 is 0 Å². The van der Waals surface area contributed by atoms with Crippen molar-refractivity contribution < 1.29 is 4.79 Å². The van der Waals surface area contributed by atoms with E-state index in [-0.39, 0.29) is 5.91 Å². The molecule has 3 nitrogen and oxygen atoms in total. The van der Waals surface area contributed by atoms with Crippen LogP contribution in [0, 0.1) is 0 Å². The minimum atomic E-state index is 0.0843. The summed E-state index contributed by atoms with van der Waals surface area (Å²) in [5.41, 5.74) is 1.50. The molecular formula is C10H18N2O. The summed E-state index contributed by atoms with van der Waals surface area (Å²) in [5, 5.41) is 5.69. The van der Waals surface area contributed by atoms with Gasteiger partial charge in [0.2, 0.25) is 5.91 Å². The fourth-order valence-corrected chi connectivity index (χ4v) is 1.55. The molecule has 0 spiro atoms. The van der Waals surface area contributed by atoms with E-state index >= 15 is 0 Å². The molecule has 0 saturated carbocycles. The molecule has 74 valence electrons. The maximum atomic E-state index is 11.0. The van der Waals surface area contributed by atoms with Crippen LogP contribution in [0.3, 0.4) is 0 Å². The summed E-state index contributed by atoms with van der Waals surface area (Å²) >= 11 is 0. The van der Waals surface area contributed by atoms with Gasteiger partial charge in [0, 0.05) is 6.54 Å². The Hall–Kier alpha value is -0.830. The van der Waals surface area contributed by atoms with Crippen LogP contribution in [-0.2, 0) is 4.79 Å². The fraction of sp³-hybridized carbons (Fsp3) is 0.700. The van der Waals surface area contributed by atoms with Gasteiger partial charge in [-0.3, -0.25) is 4.79 Å². The van der Waals surface area contributed by atoms with E-state index in [1.165, 1.54) is 24.8 Å². The summed E-state index contributed by atoms with van der Waals surface area (Å²) < 4.78 is 0. The lowest BCUT2D eigenvalue weighted by Gasteiger charge is -2.04. The van der Waals surface area contributed by atoms with Crippen molar-refractivity contribution in [2.75, 3.05) is 20.1 Å². The number of carbonyl (C=O) groups is 1. The van der Waals surface area contributed by atoms with Gasteiger partial charge in [0.05, 0.1) is 6.54 Å². The molecule has 0 radical (unpaired) electrons. The first-order valence-electron chi connectivity index (χ1n) is 4.92. The molecule has 2 N–H and O–H groups in total. The van der Waals surface area contributed by atoms with Gasteiger partial charge in [0.25, 0.3) is 0 Å². The molecule has 0 aromatic carbocycles. The highest BCUT2D eigenvalue weighted by atomic mass is 16.1. The largest absolute Gasteiger partial charge is 0.355 e. The lowest BCUT2D eigenvalue weighted by molar-refractivity contribution is -0.120. The van der Waals surface area contributed by atoms with Crippen LogP contribution in [-0.4, -0.2) is 26.0 Å². The topological polar surface area (TPSA) is 41.1 Å². The summed E-state index contributed by atoms with van der Waals surface area (Å²) in [6, 6.07) is 0. The summed E-state index contributed by atoms with van der Waals surface area (Å²) in [6.07, 6.45) is 7.06. The third kappa shape index (κ3) is 4.08. The van der Waals surface area contributed by atoms with Gasteiger partial charge in [-0.15, -0.1) is 0 Å². The highest BCUT2D eigenvalue weighted by Crippen LogP contribution is 2.19. The van der Waals surface area contributed by atoms with Crippen molar-refractivity contribution in [3.8, 4) is 0 Å². The molecule has 1 amide bonds. The summed E-state index contributed by atoms with van der Waals surface area (Å²) in [5.74, 6) is 0.0843. The highest BCUT2D eigenvalue weighted by Gasteiger charge is 2.04. The molecule has 0 saturated heterocycles. The zero-order chi connectivity index (χ0) is 9.52. The predicted octanol–water partition coefficient (Wildman–Crippen LogP) is 0.822. The van der Waals surface area contributed by atoms with Crippen molar-refractivity contribution in [2.45, 2.75) is 25.7 Å². The highest BCUT2D eigenvalue weighted by molar-refractivity contribution is 5.77. The maximum absolute atomic E-state index is 11.0. The molecule has 0 aromatic rings. The lowest BCUT2D eigenvalue weighted by Crippen LogP contribution is -2.32. The molecule has 1 aliphatic rings. The first kappa shape index (κ1) is 10.3. The van der Waals surface area contributed by atoms with Gasteiger partial charge < -0.3 is 10.6 Å². The van der Waals surface area contributed by atoms with E-state index in [4.69, 9.17) is 0 Å². The normalized spacial score (nSPS) is 15.6. The van der Waals surface area contributed by atoms with Gasteiger partial charge in [-0.2, -0.15) is 0 Å². The zero-order valence-electron chi connectivity index (χ0n) is 8.23. The standard InChI is InChI=1S/C10H18N2O/c1-11-8-10(13)12-7-6-9-4-2-3-5-9/h4,11H,2-3,5-8H2,1H3,(H,12,13). The minimum Gasteiger partial charge on any atom is -0.355 e. The molecule has 0 bridgehead atoms. The van der Waals surface area contributed by atoms with Gasteiger partial charge >= 0.3 is 0 Å². The maximum Gasteiger partial charge on any atom is 0.233 e. The van der Waals surface area contributed by atoms with Crippen molar-refractivity contribution in [2.24, 2.45) is 0 Å². The van der Waals surface area contributed by atoms with E-state index in [1.807, 2.05) is 0 Å². The molecule has 0 atom stereocenters. The Labute approximate surface area is 79.6 Å². The molecule has 1 rings (SSSR count). The second kappa shape index (κ2) is 5.75. The second-order valence-corrected chi connectivity index (χ2v) is 3.38. The first-order chi connectivity index (χ1) is 6.33. The van der Waals surface area contributed by atoms with Gasteiger partial charge in [-0.1, -0.05) is 11.6 Å². The Morgan fingerprint density at radius 3 is 3.08 bits per heavy atom. The smallest absolute Gasteiger partial charge is 0.233 e. The van der Waals surface area contributed by atoms with Crippen LogP contribution in [0.1, 0.15) is 25.7 Å². The molecule has 0 heterocycles. The van der Waals surface area contributed by atoms with Crippen LogP contribution in [0.2, 0.25) is 0 Å². The van der Waals surface area contributed by atoms with Crippen molar-refractivity contribution in [3.63, 3.8) is 0 Å². The van der Waals surface area contributed by atoms with Gasteiger partial charge in [0.15, 0.2) is 0 Å². The third-order valence-electron chi connectivity index (χ3n) is 2.24. The zero-order valence-corrected chi connectivity index (χ0v) is 8.23. The third-order valence-corrected chi connectivity index (χ3v) is 2.24. The number of allylic oxidation sites excluding steroid dienone is 1. The number of amides is 1. The Kier molecular flexibility index (Phi) is 4.54. The molecule has 13 heavy (non-hydrogen) atoms. The van der Waals surface area contributed by atoms with Crippen molar-refractivity contribution in [3.05, 3.63) is 11.6 Å². The Morgan fingerprint density at radius 2 is 2.46 bits per heavy atom. The fourth-order valence-electron chi connectivity index (χ4n) is 1.55. The van der Waals surface area contributed by atoms with E-state index in [0.29, 0.717) is 6.54 Å². The monoisotopic (exact) mass is 182 g/mol. The van der Waals surface area contributed by atoms with Gasteiger partial charge in [-0.05, 0) is 32.7 Å². The van der Waals surface area contributed by atoms with E-state index in [1.54, 1.807) is 7.05 Å². The molecule has 0 aromatic heterocycles. The number of likely N-dealkylation sites (N-methyl/N-ethyl adjacent to an activating group) is 1. The van der Waals surface area contributed by atoms with Crippen LogP contribution in [0.25, 0.3) is 0 Å². The molecule has 1 aliphatic carbocycles. The molecule has 3 heteroatoms. The number of nitrogens with one attached hydrogen (secondary N) is 2. The minimum absolute atomic E-state index is 0.0843. The number of rotatable bonds is 5. The van der Waals surface area contributed by atoms with Gasteiger partial charge in [0.1, 0.15) is 0 Å². The Morgan fingerprint density at radius 1 is 1.62 bits per heavy atom. The van der Waals surface area contributed by atoms with Gasteiger partial charge in [-0.25, -0.2) is 0 Å². The SMILES string of the molecule is CNCC(=O)NCCC1=CCCC1. The first-order valence-corrected chi connectivity index (χ1v) is 4.92. The van der Waals surface area contributed by atoms with Crippen molar-refractivity contribution in [1.82, 2.24) is 10.6 Å². The Bertz CT molecular complexity index is 199. The van der Waals surface area contributed by atoms with Crippen LogP contribution in [0.4, 0.5) is 0 Å². The molecule has 0 unspecified atom stereocenters. The summed E-state index contributed by atoms with van der Waals surface area (Å²) in [7, 11) is 1.78. The number of hydrogen-bond acceptors (Lipinski definition) is 2. The average molecular weight is 182 g/mol. The number of carbonyl (C=O) groups excluding carboxylic acids is 1. The Balaban J connectivity index is 2.03. The average Bonchev–Trinajstić information content (AvgIpc) is 2.57. The van der Waals surface area contributed by atoms with E-state index < -0.39 is 0 Å². The molecular weight excluding hydrogens is 164 g/mol. The molecule has 0 aliphatic heterocycles. The lowest BCUT2D eigenvalue weighted by atomic mass is 10.2. The van der Waals surface area contributed by atoms with Crippen LogP contribution in [0.5, 0.6) is 0 Å². The molecule has 0 fully saturated rings. The summed E-state index contributed by atoms with van der Waals surface area (Å²) in [4.78, 5) is 11.0. The second-order valence-electron chi connectivity index (χ2n) is 3.38. The van der Waals surface area contributed by atoms with Crippen LogP contribution < -0.4 is 10.6 Å². The van der Waals surface area contributed by atoms with E-state index in [9.17, 15) is 4.79 Å². The van der Waals surface area contributed by atoms with Crippen LogP contribution in [0.15, 0.2) is 11.6 Å². The van der Waals surface area contributed by atoms with E-state index in [2.05, 4.69) is 16.7 Å². The van der Waals surface area contributed by atoms with Crippen molar-refractivity contribution in [1.29, 1.82) is 0 Å². The van der Waals surface area contributed by atoms with E-state index in [0.717, 1.165) is 13.0 Å². The summed E-state index contributed by atoms with van der Waals surface area (Å²) in [6.45, 7) is 1.20. The number of hydrogen-bond donors (Lipinski definition) is 2.